The molecular weight excluding hydrogens is 301 g/mol. The van der Waals surface area contributed by atoms with Crippen LogP contribution in [0.2, 0.25) is 10.0 Å². The lowest BCUT2D eigenvalue weighted by Gasteiger charge is -2.11. The summed E-state index contributed by atoms with van der Waals surface area (Å²) in [4.78, 5) is 4.02. The van der Waals surface area contributed by atoms with Crippen molar-refractivity contribution in [2.45, 2.75) is 0 Å². The molecule has 2 N–H and O–H groups in total. The summed E-state index contributed by atoms with van der Waals surface area (Å²) in [7, 11) is 0. The molecule has 19 heavy (non-hydrogen) atoms. The fraction of sp³-hybridized carbons (Fsp3) is 0.0769. The molecule has 0 saturated heterocycles. The number of aliphatic imine (C=N–C) groups is 1. The van der Waals surface area contributed by atoms with E-state index < -0.39 is 0 Å². The number of hydrogen-bond donors (Lipinski definition) is 2. The Morgan fingerprint density at radius 2 is 2.16 bits per heavy atom. The third kappa shape index (κ3) is 5.87. The number of rotatable bonds is 5. The van der Waals surface area contributed by atoms with Crippen molar-refractivity contribution in [2.24, 2.45) is 4.99 Å². The van der Waals surface area contributed by atoms with Crippen LogP contribution in [-0.4, -0.2) is 17.9 Å². The average molecular weight is 314 g/mol. The van der Waals surface area contributed by atoms with Crippen LogP contribution in [0.15, 0.2) is 48.1 Å². The minimum atomic E-state index is 0.416. The smallest absolute Gasteiger partial charge is 0.171 e. The summed E-state index contributed by atoms with van der Waals surface area (Å²) in [5.74, 6) is 0. The molecule has 0 amide bonds. The highest BCUT2D eigenvalue weighted by Crippen LogP contribution is 2.25. The third-order valence-corrected chi connectivity index (χ3v) is 2.80. The summed E-state index contributed by atoms with van der Waals surface area (Å²) in [6.07, 6.45) is 3.14. The van der Waals surface area contributed by atoms with Gasteiger partial charge in [-0.2, -0.15) is 0 Å². The predicted molar refractivity (Wildman–Crippen MR) is 88.5 cm³/mol. The normalized spacial score (nSPS) is 10.2. The summed E-state index contributed by atoms with van der Waals surface area (Å²) in [6, 6.07) is 5.10. The van der Waals surface area contributed by atoms with E-state index in [1.165, 1.54) is 0 Å². The van der Waals surface area contributed by atoms with Crippen LogP contribution in [0.1, 0.15) is 0 Å². The monoisotopic (exact) mass is 313 g/mol. The SMILES string of the molecule is C=CC=NC(=C)CNC(=S)Nc1cc(Cl)ccc1Cl. The third-order valence-electron chi connectivity index (χ3n) is 1.99. The minimum absolute atomic E-state index is 0.416. The van der Waals surface area contributed by atoms with Gasteiger partial charge in [-0.1, -0.05) is 42.4 Å². The molecular formula is C13H13Cl2N3S. The second kappa shape index (κ2) is 7.94. The van der Waals surface area contributed by atoms with Gasteiger partial charge in [-0.15, -0.1) is 0 Å². The number of anilines is 1. The van der Waals surface area contributed by atoms with E-state index in [0.29, 0.717) is 33.1 Å². The van der Waals surface area contributed by atoms with Crippen molar-refractivity contribution < 1.29 is 0 Å². The van der Waals surface area contributed by atoms with Crippen molar-refractivity contribution in [1.29, 1.82) is 0 Å². The Bertz CT molecular complexity index is 527. The lowest BCUT2D eigenvalue weighted by molar-refractivity contribution is 0.986. The zero-order chi connectivity index (χ0) is 14.3. The molecule has 0 unspecified atom stereocenters. The van der Waals surface area contributed by atoms with E-state index in [9.17, 15) is 0 Å². The van der Waals surface area contributed by atoms with Crippen molar-refractivity contribution in [3.05, 3.63) is 53.2 Å². The van der Waals surface area contributed by atoms with Crippen LogP contribution < -0.4 is 10.6 Å². The molecule has 0 heterocycles. The van der Waals surface area contributed by atoms with Gasteiger partial charge in [0.2, 0.25) is 0 Å². The Hall–Kier alpha value is -1.36. The van der Waals surface area contributed by atoms with E-state index >= 15 is 0 Å². The van der Waals surface area contributed by atoms with E-state index in [4.69, 9.17) is 35.4 Å². The summed E-state index contributed by atoms with van der Waals surface area (Å²) < 4.78 is 0. The minimum Gasteiger partial charge on any atom is -0.357 e. The van der Waals surface area contributed by atoms with E-state index in [-0.39, 0.29) is 0 Å². The van der Waals surface area contributed by atoms with Crippen molar-refractivity contribution in [2.75, 3.05) is 11.9 Å². The molecule has 6 heteroatoms. The van der Waals surface area contributed by atoms with Gasteiger partial charge < -0.3 is 10.6 Å². The molecule has 0 saturated carbocycles. The molecule has 0 aromatic heterocycles. The molecule has 1 rings (SSSR count). The maximum atomic E-state index is 6.01. The molecule has 0 aliphatic carbocycles. The lowest BCUT2D eigenvalue weighted by Crippen LogP contribution is -2.29. The molecule has 1 aromatic rings. The first-order valence-corrected chi connectivity index (χ1v) is 6.52. The zero-order valence-electron chi connectivity index (χ0n) is 10.1. The highest BCUT2D eigenvalue weighted by molar-refractivity contribution is 7.80. The van der Waals surface area contributed by atoms with Gasteiger partial charge in [0.25, 0.3) is 0 Å². The maximum absolute atomic E-state index is 6.01. The fourth-order valence-corrected chi connectivity index (χ4v) is 1.66. The predicted octanol–water partition coefficient (Wildman–Crippen LogP) is 4.05. The lowest BCUT2D eigenvalue weighted by atomic mass is 10.3. The summed E-state index contributed by atoms with van der Waals surface area (Å²) in [5.41, 5.74) is 1.29. The van der Waals surface area contributed by atoms with Gasteiger partial charge in [-0.3, -0.25) is 4.99 Å². The molecule has 0 atom stereocenters. The standard InChI is InChI=1S/C13H13Cl2N3S/c1-3-6-16-9(2)8-17-13(19)18-12-7-10(14)4-5-11(12)15/h3-7H,1-2,8H2,(H2,17,18,19). The Balaban J connectivity index is 2.51. The van der Waals surface area contributed by atoms with E-state index in [1.807, 2.05) is 0 Å². The summed E-state index contributed by atoms with van der Waals surface area (Å²) in [6.45, 7) is 7.71. The number of nitrogens with one attached hydrogen (secondary N) is 2. The van der Waals surface area contributed by atoms with Crippen LogP contribution in [0.3, 0.4) is 0 Å². The molecule has 0 radical (unpaired) electrons. The number of benzene rings is 1. The van der Waals surface area contributed by atoms with Crippen LogP contribution in [0.25, 0.3) is 0 Å². The first kappa shape index (κ1) is 15.7. The Kier molecular flexibility index (Phi) is 6.56. The van der Waals surface area contributed by atoms with Gasteiger partial charge >= 0.3 is 0 Å². The van der Waals surface area contributed by atoms with E-state index in [0.717, 1.165) is 0 Å². The molecule has 0 aliphatic heterocycles. The highest BCUT2D eigenvalue weighted by Gasteiger charge is 2.03. The number of thiocarbonyl (C=S) groups is 1. The first-order valence-electron chi connectivity index (χ1n) is 5.35. The number of allylic oxidation sites excluding steroid dienone is 1. The van der Waals surface area contributed by atoms with Gasteiger partial charge in [0.1, 0.15) is 0 Å². The maximum Gasteiger partial charge on any atom is 0.171 e. The Morgan fingerprint density at radius 1 is 1.42 bits per heavy atom. The second-order valence-corrected chi connectivity index (χ2v) is 4.76. The van der Waals surface area contributed by atoms with Gasteiger partial charge in [-0.25, -0.2) is 0 Å². The zero-order valence-corrected chi connectivity index (χ0v) is 12.4. The van der Waals surface area contributed by atoms with Crippen LogP contribution in [-0.2, 0) is 0 Å². The largest absolute Gasteiger partial charge is 0.357 e. The van der Waals surface area contributed by atoms with Gasteiger partial charge in [-0.05, 0) is 30.4 Å². The molecule has 100 valence electrons. The topological polar surface area (TPSA) is 36.4 Å². The fourth-order valence-electron chi connectivity index (χ4n) is 1.15. The average Bonchev–Trinajstić information content (AvgIpc) is 2.38. The molecule has 0 aliphatic rings. The second-order valence-electron chi connectivity index (χ2n) is 3.51. The van der Waals surface area contributed by atoms with E-state index in [1.54, 1.807) is 30.5 Å². The summed E-state index contributed by atoms with van der Waals surface area (Å²) in [5, 5.41) is 7.44. The van der Waals surface area contributed by atoms with E-state index in [2.05, 4.69) is 28.8 Å². The van der Waals surface area contributed by atoms with Crippen LogP contribution in [0, 0.1) is 0 Å². The van der Waals surface area contributed by atoms with Crippen molar-refractivity contribution in [3.8, 4) is 0 Å². The van der Waals surface area contributed by atoms with Crippen molar-refractivity contribution in [1.82, 2.24) is 5.32 Å². The van der Waals surface area contributed by atoms with Crippen LogP contribution in [0.4, 0.5) is 5.69 Å². The molecule has 0 bridgehead atoms. The van der Waals surface area contributed by atoms with Crippen molar-refractivity contribution in [3.63, 3.8) is 0 Å². The number of hydrogen-bond acceptors (Lipinski definition) is 2. The molecule has 0 fully saturated rings. The first-order chi connectivity index (χ1) is 9.02. The molecule has 0 spiro atoms. The summed E-state index contributed by atoms with van der Waals surface area (Å²) >= 11 is 17.0. The number of nitrogens with zero attached hydrogens (tertiary/aromatic N) is 1. The van der Waals surface area contributed by atoms with Crippen LogP contribution >= 0.6 is 35.4 Å². The molecule has 3 nitrogen and oxygen atoms in total. The van der Waals surface area contributed by atoms with Gasteiger partial charge in [0.15, 0.2) is 5.11 Å². The highest BCUT2D eigenvalue weighted by atomic mass is 35.5. The number of halogens is 2. The Morgan fingerprint density at radius 3 is 2.84 bits per heavy atom. The van der Waals surface area contributed by atoms with Gasteiger partial charge in [0, 0.05) is 11.2 Å². The van der Waals surface area contributed by atoms with Crippen molar-refractivity contribution >= 4 is 52.4 Å². The Labute approximate surface area is 128 Å². The molecule has 1 aromatic carbocycles. The van der Waals surface area contributed by atoms with Gasteiger partial charge in [0.05, 0.1) is 23.0 Å². The van der Waals surface area contributed by atoms with Crippen LogP contribution in [0.5, 0.6) is 0 Å². The quantitative estimate of drug-likeness (QED) is 0.636.